The molecule has 0 bridgehead atoms. The van der Waals surface area contributed by atoms with Crippen molar-refractivity contribution in [2.75, 3.05) is 6.61 Å². The van der Waals surface area contributed by atoms with Gasteiger partial charge in [0, 0.05) is 6.42 Å². The summed E-state index contributed by atoms with van der Waals surface area (Å²) in [5, 5.41) is 13.2. The molecule has 1 saturated heterocycles. The molecule has 0 saturated carbocycles. The van der Waals surface area contributed by atoms with E-state index in [-0.39, 0.29) is 24.7 Å². The number of carbonyl (C=O) groups is 1. The average molecular weight is 572 g/mol. The zero-order valence-electron chi connectivity index (χ0n) is 22.2. The summed E-state index contributed by atoms with van der Waals surface area (Å²) in [5.74, 6) is -1.46. The third-order valence-corrected chi connectivity index (χ3v) is 8.19. The van der Waals surface area contributed by atoms with Crippen molar-refractivity contribution in [1.82, 2.24) is 14.6 Å². The summed E-state index contributed by atoms with van der Waals surface area (Å²) in [4.78, 5) is 37.9. The molecule has 0 aliphatic carbocycles. The number of H-pyrrole nitrogens is 1. The Morgan fingerprint density at radius 1 is 1.26 bits per heavy atom. The molecule has 1 fully saturated rings. The summed E-state index contributed by atoms with van der Waals surface area (Å²) >= 11 is 0. The lowest BCUT2D eigenvalue weighted by atomic mass is 10.1. The van der Waals surface area contributed by atoms with Crippen molar-refractivity contribution >= 4 is 13.7 Å². The number of rotatable bonds is 13. The van der Waals surface area contributed by atoms with E-state index in [1.165, 1.54) is 13.8 Å². The number of nitrogens with one attached hydrogen (secondary N) is 2. The van der Waals surface area contributed by atoms with E-state index < -0.39 is 61.4 Å². The van der Waals surface area contributed by atoms with Gasteiger partial charge in [0.15, 0.2) is 0 Å². The number of aliphatic hydroxyl groups excluding tert-OH is 1. The lowest BCUT2D eigenvalue weighted by molar-refractivity contribution is -0.146. The van der Waals surface area contributed by atoms with Gasteiger partial charge in [-0.05, 0) is 31.9 Å². The number of aromatic nitrogens is 2. The molecule has 14 heteroatoms. The number of esters is 1. The van der Waals surface area contributed by atoms with E-state index in [0.717, 1.165) is 17.4 Å². The number of halogens is 1. The fraction of sp³-hybridized carbons (Fsp3) is 0.560. The highest BCUT2D eigenvalue weighted by Crippen LogP contribution is 2.47. The van der Waals surface area contributed by atoms with E-state index in [9.17, 15) is 28.4 Å². The van der Waals surface area contributed by atoms with Gasteiger partial charge in [0.05, 0.1) is 25.0 Å². The molecule has 0 radical (unpaired) electrons. The second-order valence-corrected chi connectivity index (χ2v) is 11.0. The summed E-state index contributed by atoms with van der Waals surface area (Å²) in [6.07, 6.45) is -2.33. The Kier molecular flexibility index (Phi) is 10.6. The summed E-state index contributed by atoms with van der Waals surface area (Å²) in [6.45, 7) is 7.13. The Morgan fingerprint density at radius 3 is 2.56 bits per heavy atom. The third-order valence-electron chi connectivity index (χ3n) is 6.43. The predicted molar refractivity (Wildman–Crippen MR) is 139 cm³/mol. The van der Waals surface area contributed by atoms with Crippen molar-refractivity contribution in [2.45, 2.75) is 77.5 Å². The Labute approximate surface area is 225 Å². The molecule has 6 atom stereocenters. The van der Waals surface area contributed by atoms with E-state index in [1.54, 1.807) is 30.3 Å². The SMILES string of the molecule is CCC(CC)COC(=O)[C@H](C)N[P@](=O)(Oc1ccccc1)O[C@H](C)[C@H]1O[C@@H](n2cc(F)c(=O)[nH]c2=O)CC1O. The summed E-state index contributed by atoms with van der Waals surface area (Å²) in [6, 6.07) is 7.07. The second kappa shape index (κ2) is 13.5. The number of hydrogen-bond donors (Lipinski definition) is 3. The number of aromatic amines is 1. The fourth-order valence-corrected chi connectivity index (χ4v) is 5.76. The van der Waals surface area contributed by atoms with Gasteiger partial charge in [-0.3, -0.25) is 23.7 Å². The summed E-state index contributed by atoms with van der Waals surface area (Å²) in [7, 11) is -4.28. The molecule has 39 heavy (non-hydrogen) atoms. The van der Waals surface area contributed by atoms with Crippen molar-refractivity contribution in [1.29, 1.82) is 0 Å². The topological polar surface area (TPSA) is 158 Å². The van der Waals surface area contributed by atoms with Crippen LogP contribution in [-0.2, 0) is 23.4 Å². The van der Waals surface area contributed by atoms with Crippen LogP contribution in [0.5, 0.6) is 5.75 Å². The standard InChI is InChI=1S/C25H35FN3O9P/c1-5-17(6-2)14-35-24(32)15(3)28-39(34,38-18-10-8-7-9-11-18)37-16(4)22-20(30)12-21(36-22)29-13-19(26)23(31)27-25(29)33/h7-11,13,15-17,20-22,30H,5-6,12,14H2,1-4H3,(H,28,34)(H,27,31,33)/t15-,16+,20?,21+,22+,39+/m0/s1. The molecule has 1 aliphatic heterocycles. The predicted octanol–water partition coefficient (Wildman–Crippen LogP) is 2.87. The normalized spacial score (nSPS) is 22.3. The van der Waals surface area contributed by atoms with Crippen molar-refractivity contribution in [3.05, 3.63) is 63.2 Å². The maximum absolute atomic E-state index is 13.9. The monoisotopic (exact) mass is 571 g/mol. The molecule has 2 heterocycles. The van der Waals surface area contributed by atoms with Crippen molar-refractivity contribution in [3.63, 3.8) is 0 Å². The van der Waals surface area contributed by atoms with Crippen molar-refractivity contribution in [3.8, 4) is 5.75 Å². The molecule has 3 rings (SSSR count). The van der Waals surface area contributed by atoms with Crippen LogP contribution in [-0.4, -0.2) is 51.6 Å². The Hall–Kier alpha value is -2.83. The molecule has 0 spiro atoms. The first-order chi connectivity index (χ1) is 18.5. The van der Waals surface area contributed by atoms with E-state index in [4.69, 9.17) is 18.5 Å². The molecule has 1 aromatic heterocycles. The van der Waals surface area contributed by atoms with Gasteiger partial charge in [-0.1, -0.05) is 44.9 Å². The van der Waals surface area contributed by atoms with Crippen LogP contribution in [0.3, 0.4) is 0 Å². The number of para-hydroxylation sites is 1. The van der Waals surface area contributed by atoms with E-state index >= 15 is 0 Å². The Morgan fingerprint density at radius 2 is 1.92 bits per heavy atom. The smallest absolute Gasteiger partial charge is 0.459 e. The number of ether oxygens (including phenoxy) is 2. The van der Waals surface area contributed by atoms with Crippen LogP contribution < -0.4 is 20.9 Å². The minimum Gasteiger partial charge on any atom is -0.464 e. The molecular formula is C25H35FN3O9P. The van der Waals surface area contributed by atoms with Gasteiger partial charge in [-0.15, -0.1) is 0 Å². The molecule has 2 aromatic rings. The summed E-state index contributed by atoms with van der Waals surface area (Å²) < 4.78 is 51.0. The molecule has 1 aromatic carbocycles. The van der Waals surface area contributed by atoms with Gasteiger partial charge >= 0.3 is 19.4 Å². The molecule has 3 N–H and O–H groups in total. The molecular weight excluding hydrogens is 536 g/mol. The Balaban J connectivity index is 1.76. The molecule has 1 aliphatic rings. The number of benzene rings is 1. The molecule has 0 amide bonds. The van der Waals surface area contributed by atoms with Crippen LogP contribution in [0, 0.1) is 11.7 Å². The molecule has 12 nitrogen and oxygen atoms in total. The van der Waals surface area contributed by atoms with Crippen molar-refractivity contribution in [2.24, 2.45) is 5.92 Å². The highest BCUT2D eigenvalue weighted by molar-refractivity contribution is 7.52. The summed E-state index contributed by atoms with van der Waals surface area (Å²) in [5.41, 5.74) is -2.10. The largest absolute Gasteiger partial charge is 0.464 e. The van der Waals surface area contributed by atoms with Gasteiger partial charge in [0.25, 0.3) is 5.56 Å². The first-order valence-electron chi connectivity index (χ1n) is 12.8. The van der Waals surface area contributed by atoms with Crippen LogP contribution in [0.25, 0.3) is 0 Å². The molecule has 216 valence electrons. The Bertz CT molecular complexity index is 1270. The van der Waals surface area contributed by atoms with E-state index in [1.807, 2.05) is 18.8 Å². The van der Waals surface area contributed by atoms with Crippen LogP contribution in [0.4, 0.5) is 4.39 Å². The highest BCUT2D eigenvalue weighted by Gasteiger charge is 2.43. The van der Waals surface area contributed by atoms with Gasteiger partial charge in [0.2, 0.25) is 5.82 Å². The van der Waals surface area contributed by atoms with Gasteiger partial charge < -0.3 is 19.1 Å². The fourth-order valence-electron chi connectivity index (χ4n) is 4.06. The lowest BCUT2D eigenvalue weighted by Crippen LogP contribution is -2.39. The van der Waals surface area contributed by atoms with Gasteiger partial charge in [0.1, 0.15) is 24.1 Å². The zero-order valence-corrected chi connectivity index (χ0v) is 23.1. The lowest BCUT2D eigenvalue weighted by Gasteiger charge is -2.29. The quantitative estimate of drug-likeness (QED) is 0.241. The first kappa shape index (κ1) is 30.7. The minimum atomic E-state index is -4.28. The zero-order chi connectivity index (χ0) is 28.7. The maximum Gasteiger partial charge on any atom is 0.459 e. The third kappa shape index (κ3) is 8.09. The van der Waals surface area contributed by atoms with Crippen LogP contribution in [0.2, 0.25) is 0 Å². The number of nitrogens with zero attached hydrogens (tertiary/aromatic N) is 1. The number of carbonyl (C=O) groups excluding carboxylic acids is 1. The second-order valence-electron chi connectivity index (χ2n) is 9.38. The highest BCUT2D eigenvalue weighted by atomic mass is 31.2. The average Bonchev–Trinajstić information content (AvgIpc) is 3.28. The molecule has 1 unspecified atom stereocenters. The number of aliphatic hydroxyl groups is 1. The maximum atomic E-state index is 13.9. The van der Waals surface area contributed by atoms with Gasteiger partial charge in [-0.25, -0.2) is 9.36 Å². The van der Waals surface area contributed by atoms with E-state index in [2.05, 4.69) is 5.09 Å². The van der Waals surface area contributed by atoms with Gasteiger partial charge in [-0.2, -0.15) is 9.48 Å². The minimum absolute atomic E-state index is 0.139. The van der Waals surface area contributed by atoms with Crippen LogP contribution in [0.1, 0.15) is 53.2 Å². The van der Waals surface area contributed by atoms with Crippen LogP contribution in [0.15, 0.2) is 46.1 Å². The van der Waals surface area contributed by atoms with E-state index in [0.29, 0.717) is 6.20 Å². The number of hydrogen-bond acceptors (Lipinski definition) is 9. The first-order valence-corrected chi connectivity index (χ1v) is 14.3. The van der Waals surface area contributed by atoms with Crippen molar-refractivity contribution < 1.29 is 37.4 Å². The van der Waals surface area contributed by atoms with Crippen LogP contribution >= 0.6 is 7.75 Å².